The fourth-order valence-corrected chi connectivity index (χ4v) is 7.96. The summed E-state index contributed by atoms with van der Waals surface area (Å²) in [5.41, 5.74) is 0. The van der Waals surface area contributed by atoms with E-state index in [9.17, 15) is 14.4 Å². The van der Waals surface area contributed by atoms with Gasteiger partial charge in [-0.25, -0.2) is 0 Å². The van der Waals surface area contributed by atoms with Gasteiger partial charge in [0.15, 0.2) is 6.10 Å². The first-order chi connectivity index (χ1) is 36.0. The fourth-order valence-electron chi connectivity index (χ4n) is 7.96. The van der Waals surface area contributed by atoms with Crippen LogP contribution in [0, 0.1) is 0 Å². The molecule has 0 aliphatic heterocycles. The van der Waals surface area contributed by atoms with E-state index in [1.54, 1.807) is 0 Å². The number of hydrogen-bond donors (Lipinski definition) is 0. The van der Waals surface area contributed by atoms with Crippen LogP contribution in [-0.2, 0) is 28.6 Å². The molecule has 0 N–H and O–H groups in total. The van der Waals surface area contributed by atoms with Gasteiger partial charge in [0, 0.05) is 19.3 Å². The Balaban J connectivity index is 4.18. The second-order valence-corrected chi connectivity index (χ2v) is 19.5. The van der Waals surface area contributed by atoms with Crippen LogP contribution in [0.4, 0.5) is 0 Å². The number of esters is 3. The van der Waals surface area contributed by atoms with Gasteiger partial charge < -0.3 is 14.2 Å². The molecule has 1 unspecified atom stereocenters. The predicted octanol–water partition coefficient (Wildman–Crippen LogP) is 20.4. The van der Waals surface area contributed by atoms with E-state index in [2.05, 4.69) is 142 Å². The first-order valence-electron chi connectivity index (χ1n) is 30.0. The maximum absolute atomic E-state index is 12.8. The second-order valence-electron chi connectivity index (χ2n) is 19.5. The van der Waals surface area contributed by atoms with Gasteiger partial charge in [-0.3, -0.25) is 14.4 Å². The average molecular weight is 1010 g/mol. The quantitative estimate of drug-likeness (QED) is 0.0261. The number of rotatable bonds is 53. The predicted molar refractivity (Wildman–Crippen MR) is 316 cm³/mol. The monoisotopic (exact) mass is 1010 g/mol. The highest BCUT2D eigenvalue weighted by Gasteiger charge is 2.19. The standard InChI is InChI=1S/C67H110O6/c1-4-7-10-13-15-17-19-21-23-25-27-29-31-32-33-34-36-37-39-41-43-45-47-49-51-54-57-60-66(69)72-63-64(62-71-65(68)59-56-53-12-9-6-3)73-67(70)61-58-55-52-50-48-46-44-42-40-38-35-30-28-26-24-22-20-18-16-14-11-8-5-2/h7,10,15,17,20-23,26-29,32-33,35-38,41,43,64H,4-6,8-9,11-14,16,18-19,24-25,30-31,34,39-40,42,44-63H2,1-3H3/b10-7-,17-15-,22-20-,23-21-,28-26-,29-27-,33-32-,37-36-,38-35-,43-41-. The summed E-state index contributed by atoms with van der Waals surface area (Å²) >= 11 is 0. The molecule has 0 heterocycles. The molecule has 0 aromatic heterocycles. The Morgan fingerprint density at radius 2 is 0.534 bits per heavy atom. The second kappa shape index (κ2) is 60.4. The molecule has 0 aliphatic rings. The highest BCUT2D eigenvalue weighted by Crippen LogP contribution is 2.14. The highest BCUT2D eigenvalue weighted by atomic mass is 16.6. The van der Waals surface area contributed by atoms with Gasteiger partial charge in [0.05, 0.1) is 0 Å². The van der Waals surface area contributed by atoms with E-state index in [1.807, 2.05) is 0 Å². The number of hydrogen-bond acceptors (Lipinski definition) is 6. The minimum Gasteiger partial charge on any atom is -0.462 e. The molecule has 6 nitrogen and oxygen atoms in total. The van der Waals surface area contributed by atoms with Gasteiger partial charge in [-0.05, 0) is 116 Å². The van der Waals surface area contributed by atoms with Crippen LogP contribution < -0.4 is 0 Å². The third-order valence-electron chi connectivity index (χ3n) is 12.5. The van der Waals surface area contributed by atoms with E-state index in [1.165, 1.54) is 70.6 Å². The van der Waals surface area contributed by atoms with Crippen LogP contribution in [0.25, 0.3) is 0 Å². The molecule has 73 heavy (non-hydrogen) atoms. The Morgan fingerprint density at radius 1 is 0.288 bits per heavy atom. The summed E-state index contributed by atoms with van der Waals surface area (Å²) in [6.07, 6.45) is 83.8. The zero-order valence-corrected chi connectivity index (χ0v) is 47.4. The summed E-state index contributed by atoms with van der Waals surface area (Å²) in [4.78, 5) is 37.9. The van der Waals surface area contributed by atoms with Gasteiger partial charge in [0.2, 0.25) is 0 Å². The number of carbonyl (C=O) groups is 3. The van der Waals surface area contributed by atoms with E-state index in [0.717, 1.165) is 154 Å². The van der Waals surface area contributed by atoms with Crippen molar-refractivity contribution in [3.63, 3.8) is 0 Å². The Labute approximate surface area is 450 Å². The fraction of sp³-hybridized carbons (Fsp3) is 0.657. The van der Waals surface area contributed by atoms with Crippen molar-refractivity contribution >= 4 is 17.9 Å². The molecule has 1 atom stereocenters. The molecular formula is C67H110O6. The largest absolute Gasteiger partial charge is 0.462 e. The molecule has 0 aromatic carbocycles. The van der Waals surface area contributed by atoms with Crippen molar-refractivity contribution in [2.75, 3.05) is 13.2 Å². The molecular weight excluding hydrogens is 901 g/mol. The normalized spacial score (nSPS) is 13.0. The van der Waals surface area contributed by atoms with Crippen LogP contribution in [-0.4, -0.2) is 37.2 Å². The van der Waals surface area contributed by atoms with E-state index in [-0.39, 0.29) is 31.1 Å². The summed E-state index contributed by atoms with van der Waals surface area (Å²) in [6.45, 7) is 6.41. The van der Waals surface area contributed by atoms with Gasteiger partial charge in [0.1, 0.15) is 13.2 Å². The molecule has 0 fully saturated rings. The third-order valence-corrected chi connectivity index (χ3v) is 12.5. The summed E-state index contributed by atoms with van der Waals surface area (Å²) in [7, 11) is 0. The Kier molecular flexibility index (Phi) is 56.9. The van der Waals surface area contributed by atoms with Gasteiger partial charge in [-0.15, -0.1) is 0 Å². The summed E-state index contributed by atoms with van der Waals surface area (Å²) in [5.74, 6) is -0.933. The van der Waals surface area contributed by atoms with Crippen LogP contribution in [0.2, 0.25) is 0 Å². The number of allylic oxidation sites excluding steroid dienone is 20. The lowest BCUT2D eigenvalue weighted by Gasteiger charge is -2.18. The van der Waals surface area contributed by atoms with Gasteiger partial charge in [-0.1, -0.05) is 251 Å². The van der Waals surface area contributed by atoms with E-state index >= 15 is 0 Å². The maximum atomic E-state index is 12.8. The van der Waals surface area contributed by atoms with E-state index in [0.29, 0.717) is 19.3 Å². The lowest BCUT2D eigenvalue weighted by Crippen LogP contribution is -2.30. The van der Waals surface area contributed by atoms with E-state index in [4.69, 9.17) is 14.2 Å². The molecule has 0 aromatic rings. The SMILES string of the molecule is CC/C=C\C/C=C\C/C=C\C/C=C\C/C=C\C/C=C\C/C=C\CCCCCCCC(=O)OCC(COC(=O)CCCCCCC)OC(=O)CCCCCCCCCC/C=C\C/C=C\C/C=C\CCCCCCC. The Morgan fingerprint density at radius 3 is 0.836 bits per heavy atom. The lowest BCUT2D eigenvalue weighted by atomic mass is 10.1. The molecule has 6 heteroatoms. The van der Waals surface area contributed by atoms with Gasteiger partial charge in [0.25, 0.3) is 0 Å². The molecule has 0 aliphatic carbocycles. The number of unbranched alkanes of at least 4 members (excludes halogenated alkanes) is 22. The maximum Gasteiger partial charge on any atom is 0.306 e. The van der Waals surface area contributed by atoms with Crippen LogP contribution in [0.3, 0.4) is 0 Å². The van der Waals surface area contributed by atoms with E-state index < -0.39 is 6.10 Å². The van der Waals surface area contributed by atoms with Crippen molar-refractivity contribution in [1.82, 2.24) is 0 Å². The topological polar surface area (TPSA) is 78.9 Å². The molecule has 0 saturated carbocycles. The zero-order chi connectivity index (χ0) is 52.9. The van der Waals surface area contributed by atoms with Crippen LogP contribution in [0.15, 0.2) is 122 Å². The minimum absolute atomic E-state index is 0.0906. The minimum atomic E-state index is -0.791. The van der Waals surface area contributed by atoms with Gasteiger partial charge >= 0.3 is 17.9 Å². The van der Waals surface area contributed by atoms with Crippen molar-refractivity contribution in [3.8, 4) is 0 Å². The van der Waals surface area contributed by atoms with Crippen LogP contribution >= 0.6 is 0 Å². The third kappa shape index (κ3) is 58.6. The molecule has 0 spiro atoms. The van der Waals surface area contributed by atoms with Crippen molar-refractivity contribution in [2.24, 2.45) is 0 Å². The molecule has 0 rings (SSSR count). The zero-order valence-electron chi connectivity index (χ0n) is 47.4. The molecule has 0 bridgehead atoms. The Bertz CT molecular complexity index is 1540. The van der Waals surface area contributed by atoms with Crippen LogP contribution in [0.1, 0.15) is 265 Å². The molecule has 0 radical (unpaired) electrons. The van der Waals surface area contributed by atoms with Crippen molar-refractivity contribution in [3.05, 3.63) is 122 Å². The Hall–Kier alpha value is -4.19. The number of ether oxygens (including phenoxy) is 3. The van der Waals surface area contributed by atoms with Crippen molar-refractivity contribution < 1.29 is 28.6 Å². The number of carbonyl (C=O) groups excluding carboxylic acids is 3. The average Bonchev–Trinajstić information content (AvgIpc) is 3.39. The lowest BCUT2D eigenvalue weighted by molar-refractivity contribution is -0.167. The molecule has 0 amide bonds. The summed E-state index contributed by atoms with van der Waals surface area (Å²) in [5, 5.41) is 0. The first-order valence-corrected chi connectivity index (χ1v) is 30.0. The van der Waals surface area contributed by atoms with Gasteiger partial charge in [-0.2, -0.15) is 0 Å². The summed E-state index contributed by atoms with van der Waals surface area (Å²) in [6, 6.07) is 0. The molecule has 414 valence electrons. The first kappa shape index (κ1) is 68.8. The highest BCUT2D eigenvalue weighted by molar-refractivity contribution is 5.71. The van der Waals surface area contributed by atoms with Crippen molar-refractivity contribution in [2.45, 2.75) is 271 Å². The van der Waals surface area contributed by atoms with Crippen LogP contribution in [0.5, 0.6) is 0 Å². The van der Waals surface area contributed by atoms with Crippen molar-refractivity contribution in [1.29, 1.82) is 0 Å². The molecule has 0 saturated heterocycles. The summed E-state index contributed by atoms with van der Waals surface area (Å²) < 4.78 is 16.7. The smallest absolute Gasteiger partial charge is 0.306 e.